The summed E-state index contributed by atoms with van der Waals surface area (Å²) >= 11 is 0. The van der Waals surface area contributed by atoms with Gasteiger partial charge in [0.25, 0.3) is 5.56 Å². The van der Waals surface area contributed by atoms with Crippen LogP contribution in [0.15, 0.2) is 63.2 Å². The summed E-state index contributed by atoms with van der Waals surface area (Å²) in [5.41, 5.74) is 6.28. The number of hydrogen-bond acceptors (Lipinski definition) is 6. The molecule has 4 rings (SSSR count). The number of aromatic nitrogens is 4. The van der Waals surface area contributed by atoms with Crippen LogP contribution in [0.3, 0.4) is 0 Å². The molecule has 0 radical (unpaired) electrons. The zero-order chi connectivity index (χ0) is 23.0. The average molecular weight is 432 g/mol. The maximum Gasteiger partial charge on any atom is 0.332 e. The maximum atomic E-state index is 13.0. The molecule has 0 amide bonds. The number of rotatable bonds is 5. The maximum absolute atomic E-state index is 13.0. The van der Waals surface area contributed by atoms with Gasteiger partial charge in [-0.05, 0) is 49.2 Å². The Balaban J connectivity index is 1.84. The van der Waals surface area contributed by atoms with E-state index in [0.29, 0.717) is 23.7 Å². The number of benzene rings is 2. The van der Waals surface area contributed by atoms with E-state index in [-0.39, 0.29) is 11.4 Å². The first-order chi connectivity index (χ1) is 15.3. The van der Waals surface area contributed by atoms with Crippen LogP contribution in [0.5, 0.6) is 5.75 Å². The molecule has 0 bridgehead atoms. The molecule has 0 saturated carbocycles. The van der Waals surface area contributed by atoms with Crippen molar-refractivity contribution in [2.24, 2.45) is 19.2 Å². The van der Waals surface area contributed by atoms with Gasteiger partial charge < -0.3 is 5.11 Å². The highest BCUT2D eigenvalue weighted by Gasteiger charge is 2.19. The van der Waals surface area contributed by atoms with Crippen molar-refractivity contribution >= 4 is 22.8 Å². The predicted octanol–water partition coefficient (Wildman–Crippen LogP) is 2.33. The summed E-state index contributed by atoms with van der Waals surface area (Å²) < 4.78 is 4.16. The number of hydrazone groups is 1. The zero-order valence-corrected chi connectivity index (χ0v) is 18.3. The SMILES string of the molecule is C/C(=N\Nc1nc2c(c(=O)n(C)c(=O)n2C)n1Cc1ccc(C)cc1)c1ccc(O)cc1. The fourth-order valence-corrected chi connectivity index (χ4v) is 3.46. The van der Waals surface area contributed by atoms with Crippen molar-refractivity contribution in [2.45, 2.75) is 20.4 Å². The minimum absolute atomic E-state index is 0.172. The van der Waals surface area contributed by atoms with E-state index in [9.17, 15) is 14.7 Å². The highest BCUT2D eigenvalue weighted by atomic mass is 16.3. The Bertz CT molecular complexity index is 1440. The Morgan fingerprint density at radius 1 is 1.03 bits per heavy atom. The van der Waals surface area contributed by atoms with Crippen LogP contribution in [0.4, 0.5) is 5.95 Å². The number of anilines is 1. The van der Waals surface area contributed by atoms with Crippen molar-refractivity contribution in [2.75, 3.05) is 5.43 Å². The van der Waals surface area contributed by atoms with Crippen LogP contribution < -0.4 is 16.7 Å². The minimum Gasteiger partial charge on any atom is -0.508 e. The number of aromatic hydroxyl groups is 1. The van der Waals surface area contributed by atoms with Gasteiger partial charge in [0.2, 0.25) is 5.95 Å². The van der Waals surface area contributed by atoms with Gasteiger partial charge in [0, 0.05) is 14.1 Å². The second kappa shape index (κ2) is 8.18. The Morgan fingerprint density at radius 2 is 1.69 bits per heavy atom. The lowest BCUT2D eigenvalue weighted by molar-refractivity contribution is 0.475. The number of imidazole rings is 1. The third-order valence-corrected chi connectivity index (χ3v) is 5.42. The van der Waals surface area contributed by atoms with Crippen LogP contribution in [0, 0.1) is 6.92 Å². The Labute approximate surface area is 183 Å². The fraction of sp³-hybridized carbons (Fsp3) is 0.217. The second-order valence-corrected chi connectivity index (χ2v) is 7.74. The highest BCUT2D eigenvalue weighted by Crippen LogP contribution is 2.19. The summed E-state index contributed by atoms with van der Waals surface area (Å²) in [5, 5.41) is 13.9. The van der Waals surface area contributed by atoms with E-state index in [1.165, 1.54) is 11.6 Å². The van der Waals surface area contributed by atoms with Gasteiger partial charge in [-0.2, -0.15) is 10.1 Å². The summed E-state index contributed by atoms with van der Waals surface area (Å²) in [4.78, 5) is 29.9. The van der Waals surface area contributed by atoms with E-state index in [1.54, 1.807) is 35.9 Å². The van der Waals surface area contributed by atoms with Gasteiger partial charge >= 0.3 is 5.69 Å². The molecular weight excluding hydrogens is 408 g/mol. The lowest BCUT2D eigenvalue weighted by Gasteiger charge is -2.10. The summed E-state index contributed by atoms with van der Waals surface area (Å²) in [5.74, 6) is 0.517. The van der Waals surface area contributed by atoms with E-state index in [0.717, 1.165) is 21.3 Å². The molecule has 2 aromatic heterocycles. The summed E-state index contributed by atoms with van der Waals surface area (Å²) in [7, 11) is 3.04. The number of nitrogens with one attached hydrogen (secondary N) is 1. The van der Waals surface area contributed by atoms with Gasteiger partial charge in [0.05, 0.1) is 12.3 Å². The predicted molar refractivity (Wildman–Crippen MR) is 124 cm³/mol. The molecule has 0 atom stereocenters. The van der Waals surface area contributed by atoms with Crippen molar-refractivity contribution in [1.29, 1.82) is 0 Å². The molecule has 164 valence electrons. The molecule has 0 aliphatic carbocycles. The second-order valence-electron chi connectivity index (χ2n) is 7.74. The Kier molecular flexibility index (Phi) is 5.40. The number of hydrogen-bond donors (Lipinski definition) is 2. The van der Waals surface area contributed by atoms with E-state index in [2.05, 4.69) is 15.5 Å². The molecule has 4 aromatic rings. The van der Waals surface area contributed by atoms with E-state index in [4.69, 9.17) is 0 Å². The summed E-state index contributed by atoms with van der Waals surface area (Å²) in [6.07, 6.45) is 0. The standard InChI is InChI=1S/C23H24N6O3/c1-14-5-7-16(8-6-14)13-29-19-20(27(3)23(32)28(4)21(19)31)24-22(29)26-25-15(2)17-9-11-18(30)12-10-17/h5-12,30H,13H2,1-4H3,(H,24,26)/b25-15+. The summed E-state index contributed by atoms with van der Waals surface area (Å²) in [6.45, 7) is 4.21. The van der Waals surface area contributed by atoms with E-state index < -0.39 is 11.2 Å². The zero-order valence-electron chi connectivity index (χ0n) is 18.3. The quantitative estimate of drug-likeness (QED) is 0.372. The van der Waals surface area contributed by atoms with Crippen molar-refractivity contribution in [3.8, 4) is 5.75 Å². The first-order valence-electron chi connectivity index (χ1n) is 10.1. The smallest absolute Gasteiger partial charge is 0.332 e. The van der Waals surface area contributed by atoms with Crippen LogP contribution in [0.25, 0.3) is 11.2 Å². The van der Waals surface area contributed by atoms with Crippen LogP contribution in [-0.2, 0) is 20.6 Å². The molecular formula is C23H24N6O3. The molecule has 0 aliphatic rings. The monoisotopic (exact) mass is 432 g/mol. The number of nitrogens with zero attached hydrogens (tertiary/aromatic N) is 5. The average Bonchev–Trinajstić information content (AvgIpc) is 3.15. The van der Waals surface area contributed by atoms with Crippen LogP contribution in [0.1, 0.15) is 23.6 Å². The van der Waals surface area contributed by atoms with Crippen molar-refractivity contribution < 1.29 is 5.11 Å². The van der Waals surface area contributed by atoms with E-state index >= 15 is 0 Å². The number of aryl methyl sites for hydroxylation is 2. The lowest BCUT2D eigenvalue weighted by Crippen LogP contribution is -2.37. The third-order valence-electron chi connectivity index (χ3n) is 5.42. The van der Waals surface area contributed by atoms with Crippen molar-refractivity contribution in [3.05, 3.63) is 86.1 Å². The molecule has 0 fully saturated rings. The van der Waals surface area contributed by atoms with E-state index in [1.807, 2.05) is 38.1 Å². The molecule has 9 nitrogen and oxygen atoms in total. The van der Waals surface area contributed by atoms with Crippen molar-refractivity contribution in [3.63, 3.8) is 0 Å². The van der Waals surface area contributed by atoms with Gasteiger partial charge in [0.15, 0.2) is 11.2 Å². The van der Waals surface area contributed by atoms with Crippen LogP contribution in [-0.4, -0.2) is 29.5 Å². The van der Waals surface area contributed by atoms with Gasteiger partial charge in [-0.1, -0.05) is 29.8 Å². The van der Waals surface area contributed by atoms with Gasteiger partial charge in [-0.15, -0.1) is 0 Å². The molecule has 0 spiro atoms. The molecule has 0 unspecified atom stereocenters. The number of phenolic OH excluding ortho intramolecular Hbond substituents is 1. The van der Waals surface area contributed by atoms with Crippen LogP contribution >= 0.6 is 0 Å². The number of phenols is 1. The summed E-state index contributed by atoms with van der Waals surface area (Å²) in [6, 6.07) is 14.7. The third kappa shape index (κ3) is 3.80. The molecule has 2 heterocycles. The molecule has 2 aromatic carbocycles. The lowest BCUT2D eigenvalue weighted by atomic mass is 10.1. The van der Waals surface area contributed by atoms with Gasteiger partial charge in [0.1, 0.15) is 5.75 Å². The fourth-order valence-electron chi connectivity index (χ4n) is 3.46. The number of fused-ring (bicyclic) bond motifs is 1. The Hall–Kier alpha value is -4.14. The Morgan fingerprint density at radius 3 is 2.34 bits per heavy atom. The topological polar surface area (TPSA) is 106 Å². The molecule has 0 aliphatic heterocycles. The molecule has 32 heavy (non-hydrogen) atoms. The molecule has 2 N–H and O–H groups in total. The van der Waals surface area contributed by atoms with Gasteiger partial charge in [-0.25, -0.2) is 10.2 Å². The minimum atomic E-state index is -0.446. The largest absolute Gasteiger partial charge is 0.508 e. The normalized spacial score (nSPS) is 11.8. The molecule has 9 heteroatoms. The van der Waals surface area contributed by atoms with Gasteiger partial charge in [-0.3, -0.25) is 18.5 Å². The van der Waals surface area contributed by atoms with Crippen molar-refractivity contribution in [1.82, 2.24) is 18.7 Å². The van der Waals surface area contributed by atoms with Crippen LogP contribution in [0.2, 0.25) is 0 Å². The first kappa shape index (κ1) is 21.1. The first-order valence-corrected chi connectivity index (χ1v) is 10.1. The molecule has 0 saturated heterocycles. The highest BCUT2D eigenvalue weighted by molar-refractivity contribution is 5.99.